The monoisotopic (exact) mass is 225 g/mol. The molecule has 0 aromatic rings. The Hall–Kier alpha value is -0.370. The summed E-state index contributed by atoms with van der Waals surface area (Å²) in [6, 6.07) is 0.660. The maximum absolute atomic E-state index is 11.7. The molecule has 0 saturated carbocycles. The lowest BCUT2D eigenvalue weighted by Gasteiger charge is -2.34. The molecule has 16 heavy (non-hydrogen) atoms. The minimum atomic E-state index is 0.470. The molecule has 0 N–H and O–H groups in total. The van der Waals surface area contributed by atoms with Crippen molar-refractivity contribution in [3.63, 3.8) is 0 Å². The van der Waals surface area contributed by atoms with Gasteiger partial charge in [0.1, 0.15) is 5.78 Å². The van der Waals surface area contributed by atoms with Crippen LogP contribution in [0.1, 0.15) is 53.4 Å². The van der Waals surface area contributed by atoms with Gasteiger partial charge in [0.25, 0.3) is 0 Å². The number of ketones is 1. The predicted octanol–water partition coefficient (Wildman–Crippen LogP) is 3.11. The van der Waals surface area contributed by atoms with Gasteiger partial charge in [0.2, 0.25) is 0 Å². The molecule has 2 nitrogen and oxygen atoms in total. The van der Waals surface area contributed by atoms with Gasteiger partial charge in [-0.3, -0.25) is 4.79 Å². The van der Waals surface area contributed by atoms with Crippen molar-refractivity contribution in [2.75, 3.05) is 13.1 Å². The van der Waals surface area contributed by atoms with Crippen LogP contribution in [0.25, 0.3) is 0 Å². The molecule has 0 amide bonds. The van der Waals surface area contributed by atoms with Gasteiger partial charge in [-0.25, -0.2) is 0 Å². The van der Waals surface area contributed by atoms with E-state index in [2.05, 4.69) is 32.6 Å². The van der Waals surface area contributed by atoms with E-state index >= 15 is 0 Å². The molecule has 1 rings (SSSR count). The molecule has 0 radical (unpaired) electrons. The van der Waals surface area contributed by atoms with Crippen molar-refractivity contribution in [3.8, 4) is 0 Å². The maximum Gasteiger partial charge on any atom is 0.133 e. The van der Waals surface area contributed by atoms with Gasteiger partial charge in [-0.05, 0) is 51.6 Å². The van der Waals surface area contributed by atoms with Crippen LogP contribution in [0.4, 0.5) is 0 Å². The van der Waals surface area contributed by atoms with E-state index in [9.17, 15) is 4.79 Å². The largest absolute Gasteiger partial charge is 0.301 e. The normalized spacial score (nSPS) is 19.6. The van der Waals surface area contributed by atoms with Gasteiger partial charge in [-0.2, -0.15) is 0 Å². The zero-order valence-electron chi connectivity index (χ0n) is 11.3. The third-order valence-electron chi connectivity index (χ3n) is 3.53. The Morgan fingerprint density at radius 3 is 2.19 bits per heavy atom. The van der Waals surface area contributed by atoms with E-state index in [1.54, 1.807) is 0 Å². The topological polar surface area (TPSA) is 20.3 Å². The Bertz CT molecular complexity index is 215. The number of rotatable bonds is 5. The first-order chi connectivity index (χ1) is 7.49. The first-order valence-corrected chi connectivity index (χ1v) is 6.74. The SMILES string of the molecule is CC(C)CC(=O)CC1CCN(C(C)C)CC1. The number of piperidine rings is 1. The average Bonchev–Trinajstić information content (AvgIpc) is 2.16. The highest BCUT2D eigenvalue weighted by molar-refractivity contribution is 5.78. The maximum atomic E-state index is 11.7. The minimum absolute atomic E-state index is 0.470. The summed E-state index contributed by atoms with van der Waals surface area (Å²) in [4.78, 5) is 14.2. The molecule has 0 aromatic heterocycles. The van der Waals surface area contributed by atoms with Gasteiger partial charge in [-0.15, -0.1) is 0 Å². The number of hydrogen-bond acceptors (Lipinski definition) is 2. The molecule has 1 aliphatic rings. The average molecular weight is 225 g/mol. The molecular weight excluding hydrogens is 198 g/mol. The summed E-state index contributed by atoms with van der Waals surface area (Å²) in [7, 11) is 0. The summed E-state index contributed by atoms with van der Waals surface area (Å²) in [5.41, 5.74) is 0. The van der Waals surface area contributed by atoms with Crippen molar-refractivity contribution in [2.24, 2.45) is 11.8 Å². The highest BCUT2D eigenvalue weighted by atomic mass is 16.1. The van der Waals surface area contributed by atoms with Gasteiger partial charge >= 0.3 is 0 Å². The highest BCUT2D eigenvalue weighted by Crippen LogP contribution is 2.23. The van der Waals surface area contributed by atoms with Gasteiger partial charge in [0.05, 0.1) is 0 Å². The molecular formula is C14H27NO. The Labute approximate surface area is 100 Å². The number of likely N-dealkylation sites (tertiary alicyclic amines) is 1. The second kappa shape index (κ2) is 6.39. The molecule has 1 aliphatic heterocycles. The van der Waals surface area contributed by atoms with Gasteiger partial charge in [-0.1, -0.05) is 13.8 Å². The summed E-state index contributed by atoms with van der Waals surface area (Å²) >= 11 is 0. The van der Waals surface area contributed by atoms with Gasteiger partial charge in [0.15, 0.2) is 0 Å². The van der Waals surface area contributed by atoms with E-state index in [-0.39, 0.29) is 0 Å². The Morgan fingerprint density at radius 2 is 1.75 bits per heavy atom. The lowest BCUT2D eigenvalue weighted by atomic mass is 9.89. The third-order valence-corrected chi connectivity index (χ3v) is 3.53. The zero-order valence-corrected chi connectivity index (χ0v) is 11.3. The quantitative estimate of drug-likeness (QED) is 0.716. The van der Waals surface area contributed by atoms with Crippen LogP contribution < -0.4 is 0 Å². The van der Waals surface area contributed by atoms with Crippen LogP contribution >= 0.6 is 0 Å². The number of nitrogens with zero attached hydrogens (tertiary/aromatic N) is 1. The molecule has 1 saturated heterocycles. The minimum Gasteiger partial charge on any atom is -0.301 e. The Kier molecular flexibility index (Phi) is 5.47. The molecule has 1 heterocycles. The van der Waals surface area contributed by atoms with Crippen molar-refractivity contribution in [1.29, 1.82) is 0 Å². The fraction of sp³-hybridized carbons (Fsp3) is 0.929. The first-order valence-electron chi connectivity index (χ1n) is 6.74. The Balaban J connectivity index is 2.24. The van der Waals surface area contributed by atoms with Crippen LogP contribution in [-0.2, 0) is 4.79 Å². The smallest absolute Gasteiger partial charge is 0.133 e. The standard InChI is InChI=1S/C14H27NO/c1-11(2)9-14(16)10-13-5-7-15(8-6-13)12(3)4/h11-13H,5-10H2,1-4H3. The molecule has 94 valence electrons. The number of carbonyl (C=O) groups is 1. The van der Waals surface area contributed by atoms with Crippen LogP contribution in [0.5, 0.6) is 0 Å². The summed E-state index contributed by atoms with van der Waals surface area (Å²) in [5.74, 6) is 1.64. The van der Waals surface area contributed by atoms with E-state index in [4.69, 9.17) is 0 Å². The number of carbonyl (C=O) groups excluding carboxylic acids is 1. The van der Waals surface area contributed by atoms with Crippen LogP contribution in [0.2, 0.25) is 0 Å². The molecule has 0 atom stereocenters. The molecule has 1 fully saturated rings. The summed E-state index contributed by atoms with van der Waals surface area (Å²) in [6.07, 6.45) is 4.01. The fourth-order valence-corrected chi connectivity index (χ4v) is 2.53. The van der Waals surface area contributed by atoms with Gasteiger partial charge < -0.3 is 4.90 Å². The van der Waals surface area contributed by atoms with Crippen molar-refractivity contribution < 1.29 is 4.79 Å². The van der Waals surface area contributed by atoms with Crippen molar-refractivity contribution >= 4 is 5.78 Å². The summed E-state index contributed by atoms with van der Waals surface area (Å²) < 4.78 is 0. The van der Waals surface area contributed by atoms with E-state index < -0.39 is 0 Å². The van der Waals surface area contributed by atoms with E-state index in [1.807, 2.05) is 0 Å². The van der Waals surface area contributed by atoms with Gasteiger partial charge in [0, 0.05) is 18.9 Å². The van der Waals surface area contributed by atoms with E-state index in [0.29, 0.717) is 23.7 Å². The van der Waals surface area contributed by atoms with Crippen LogP contribution in [0.3, 0.4) is 0 Å². The van der Waals surface area contributed by atoms with E-state index in [0.717, 1.165) is 12.8 Å². The molecule has 0 bridgehead atoms. The third kappa shape index (κ3) is 4.65. The van der Waals surface area contributed by atoms with Crippen molar-refractivity contribution in [2.45, 2.75) is 59.4 Å². The zero-order chi connectivity index (χ0) is 12.1. The van der Waals surface area contributed by atoms with E-state index in [1.165, 1.54) is 25.9 Å². The highest BCUT2D eigenvalue weighted by Gasteiger charge is 2.22. The van der Waals surface area contributed by atoms with Crippen LogP contribution in [0, 0.1) is 11.8 Å². The summed E-state index contributed by atoms with van der Waals surface area (Å²) in [6.45, 7) is 11.1. The lowest BCUT2D eigenvalue weighted by molar-refractivity contribution is -0.121. The Morgan fingerprint density at radius 1 is 1.19 bits per heavy atom. The van der Waals surface area contributed by atoms with Crippen LogP contribution in [0.15, 0.2) is 0 Å². The number of hydrogen-bond donors (Lipinski definition) is 0. The summed E-state index contributed by atoms with van der Waals surface area (Å²) in [5, 5.41) is 0. The lowest BCUT2D eigenvalue weighted by Crippen LogP contribution is -2.38. The second-order valence-corrected chi connectivity index (χ2v) is 5.91. The first kappa shape index (κ1) is 13.7. The molecule has 0 aliphatic carbocycles. The van der Waals surface area contributed by atoms with Crippen molar-refractivity contribution in [3.05, 3.63) is 0 Å². The molecule has 0 unspecified atom stereocenters. The van der Waals surface area contributed by atoms with Crippen LogP contribution in [-0.4, -0.2) is 29.8 Å². The molecule has 0 aromatic carbocycles. The second-order valence-electron chi connectivity index (χ2n) is 5.91. The fourth-order valence-electron chi connectivity index (χ4n) is 2.53. The number of Topliss-reactive ketones (excluding diaryl/α,β-unsaturated/α-hetero) is 1. The molecule has 0 spiro atoms. The van der Waals surface area contributed by atoms with Crippen molar-refractivity contribution in [1.82, 2.24) is 4.90 Å². The molecule has 2 heteroatoms. The predicted molar refractivity (Wildman–Crippen MR) is 68.5 cm³/mol.